The molecule has 0 radical (unpaired) electrons. The molecule has 0 atom stereocenters. The Labute approximate surface area is 208 Å². The zero-order valence-corrected chi connectivity index (χ0v) is 20.1. The van der Waals surface area contributed by atoms with Gasteiger partial charge < -0.3 is 4.74 Å². The third-order valence-electron chi connectivity index (χ3n) is 5.76. The van der Waals surface area contributed by atoms with Crippen LogP contribution in [0.4, 0.5) is 0 Å². The van der Waals surface area contributed by atoms with Crippen molar-refractivity contribution in [1.29, 1.82) is 0 Å². The third-order valence-corrected chi connectivity index (χ3v) is 5.76. The van der Waals surface area contributed by atoms with Crippen LogP contribution in [-0.2, 0) is 30.9 Å². The van der Waals surface area contributed by atoms with E-state index in [-0.39, 0.29) is 5.43 Å². The van der Waals surface area contributed by atoms with Crippen molar-refractivity contribution in [3.63, 3.8) is 0 Å². The number of rotatable bonds is 10. The van der Waals surface area contributed by atoms with E-state index in [0.717, 1.165) is 28.9 Å². The van der Waals surface area contributed by atoms with Crippen molar-refractivity contribution in [2.45, 2.75) is 33.0 Å². The lowest BCUT2D eigenvalue weighted by atomic mass is 10.1. The van der Waals surface area contributed by atoms with Crippen molar-refractivity contribution in [1.82, 2.24) is 34.3 Å². The number of hydrogen-bond donors (Lipinski definition) is 0. The van der Waals surface area contributed by atoms with Gasteiger partial charge in [-0.05, 0) is 24.1 Å². The number of ether oxygens (including phenoxy) is 1. The lowest BCUT2D eigenvalue weighted by Gasteiger charge is -2.07. The fourth-order valence-electron chi connectivity index (χ4n) is 3.82. The molecular weight excluding hydrogens is 454 g/mol. The molecule has 0 saturated carbocycles. The Hall–Kier alpha value is -4.37. The average molecular weight is 482 g/mol. The van der Waals surface area contributed by atoms with E-state index in [4.69, 9.17) is 4.74 Å². The molecular formula is C27H27N7O2. The molecule has 0 unspecified atom stereocenters. The van der Waals surface area contributed by atoms with E-state index in [9.17, 15) is 4.79 Å². The van der Waals surface area contributed by atoms with Crippen LogP contribution in [0.1, 0.15) is 23.7 Å². The SMILES string of the molecule is CCn1cnc(-c2cccc(Cc3nn(-c4cnn(CCOCc5ccccc5)c4)ccc3=O)c2)n1. The van der Waals surface area contributed by atoms with Crippen LogP contribution in [0.2, 0.25) is 0 Å². The fraction of sp³-hybridized carbons (Fsp3) is 0.222. The average Bonchev–Trinajstić information content (AvgIpc) is 3.59. The van der Waals surface area contributed by atoms with E-state index in [1.165, 1.54) is 6.07 Å². The quantitative estimate of drug-likeness (QED) is 0.284. The van der Waals surface area contributed by atoms with Gasteiger partial charge in [0.05, 0.1) is 32.2 Å². The first-order valence-corrected chi connectivity index (χ1v) is 11.9. The van der Waals surface area contributed by atoms with Crippen LogP contribution in [0, 0.1) is 0 Å². The summed E-state index contributed by atoms with van der Waals surface area (Å²) in [4.78, 5) is 16.9. The molecule has 0 saturated heterocycles. The maximum absolute atomic E-state index is 12.6. The number of benzene rings is 2. The Kier molecular flexibility index (Phi) is 7.09. The molecule has 0 aliphatic rings. The van der Waals surface area contributed by atoms with Crippen LogP contribution in [0.3, 0.4) is 0 Å². The molecule has 36 heavy (non-hydrogen) atoms. The highest BCUT2D eigenvalue weighted by Crippen LogP contribution is 2.17. The van der Waals surface area contributed by atoms with Crippen molar-refractivity contribution < 1.29 is 4.74 Å². The van der Waals surface area contributed by atoms with Gasteiger partial charge in [0.15, 0.2) is 5.82 Å². The topological polar surface area (TPSA) is 92.6 Å². The van der Waals surface area contributed by atoms with Crippen molar-refractivity contribution in [3.8, 4) is 17.1 Å². The molecule has 3 aromatic heterocycles. The largest absolute Gasteiger partial charge is 0.375 e. The van der Waals surface area contributed by atoms with Crippen LogP contribution in [0.25, 0.3) is 17.1 Å². The predicted molar refractivity (Wildman–Crippen MR) is 136 cm³/mol. The van der Waals surface area contributed by atoms with Crippen molar-refractivity contribution >= 4 is 0 Å². The Balaban J connectivity index is 1.25. The van der Waals surface area contributed by atoms with Crippen LogP contribution in [-0.4, -0.2) is 40.9 Å². The zero-order valence-electron chi connectivity index (χ0n) is 20.1. The van der Waals surface area contributed by atoms with E-state index < -0.39 is 0 Å². The lowest BCUT2D eigenvalue weighted by Crippen LogP contribution is -2.16. The van der Waals surface area contributed by atoms with Gasteiger partial charge in [-0.25, -0.2) is 9.67 Å². The lowest BCUT2D eigenvalue weighted by molar-refractivity contribution is 0.111. The summed E-state index contributed by atoms with van der Waals surface area (Å²) < 4.78 is 11.0. The summed E-state index contributed by atoms with van der Waals surface area (Å²) in [5, 5.41) is 13.5. The summed E-state index contributed by atoms with van der Waals surface area (Å²) in [6.45, 7) is 4.51. The van der Waals surface area contributed by atoms with Gasteiger partial charge in [-0.2, -0.15) is 15.3 Å². The minimum Gasteiger partial charge on any atom is -0.375 e. The third kappa shape index (κ3) is 5.64. The summed E-state index contributed by atoms with van der Waals surface area (Å²) >= 11 is 0. The normalized spacial score (nSPS) is 11.1. The Bertz CT molecular complexity index is 1490. The number of aromatic nitrogens is 7. The Morgan fingerprint density at radius 3 is 2.64 bits per heavy atom. The van der Waals surface area contributed by atoms with E-state index in [0.29, 0.717) is 37.7 Å². The molecule has 9 nitrogen and oxygen atoms in total. The highest BCUT2D eigenvalue weighted by atomic mass is 16.5. The van der Waals surface area contributed by atoms with E-state index in [1.807, 2.05) is 72.4 Å². The molecule has 0 amide bonds. The number of nitrogens with zero attached hydrogens (tertiary/aromatic N) is 7. The molecule has 0 fully saturated rings. The first-order chi connectivity index (χ1) is 17.7. The van der Waals surface area contributed by atoms with E-state index in [1.54, 1.807) is 28.1 Å². The number of aryl methyl sites for hydroxylation is 1. The minimum atomic E-state index is -0.105. The predicted octanol–water partition coefficient (Wildman–Crippen LogP) is 3.52. The summed E-state index contributed by atoms with van der Waals surface area (Å²) in [5.74, 6) is 0.664. The van der Waals surface area contributed by atoms with Crippen molar-refractivity contribution in [2.75, 3.05) is 6.61 Å². The molecule has 182 valence electrons. The molecule has 0 N–H and O–H groups in total. The summed E-state index contributed by atoms with van der Waals surface area (Å²) in [6, 6.07) is 19.5. The summed E-state index contributed by atoms with van der Waals surface area (Å²) in [6.07, 6.45) is 7.41. The highest BCUT2D eigenvalue weighted by molar-refractivity contribution is 5.55. The summed E-state index contributed by atoms with van der Waals surface area (Å²) in [7, 11) is 0. The summed E-state index contributed by atoms with van der Waals surface area (Å²) in [5.41, 5.74) is 4.15. The van der Waals surface area contributed by atoms with Crippen LogP contribution in [0.15, 0.2) is 90.4 Å². The van der Waals surface area contributed by atoms with Gasteiger partial charge >= 0.3 is 0 Å². The van der Waals surface area contributed by atoms with Gasteiger partial charge in [0.2, 0.25) is 5.43 Å². The fourth-order valence-corrected chi connectivity index (χ4v) is 3.82. The maximum Gasteiger partial charge on any atom is 0.203 e. The number of hydrogen-bond acceptors (Lipinski definition) is 6. The highest BCUT2D eigenvalue weighted by Gasteiger charge is 2.10. The molecule has 0 bridgehead atoms. The Morgan fingerprint density at radius 1 is 0.944 bits per heavy atom. The van der Waals surface area contributed by atoms with E-state index in [2.05, 4.69) is 20.3 Å². The second kappa shape index (κ2) is 10.9. The Morgan fingerprint density at radius 2 is 1.81 bits per heavy atom. The molecule has 9 heteroatoms. The van der Waals surface area contributed by atoms with Crippen LogP contribution in [0.5, 0.6) is 0 Å². The molecule has 0 spiro atoms. The van der Waals surface area contributed by atoms with Gasteiger partial charge in [-0.1, -0.05) is 48.5 Å². The maximum atomic E-state index is 12.6. The first-order valence-electron chi connectivity index (χ1n) is 11.9. The molecule has 0 aliphatic carbocycles. The van der Waals surface area contributed by atoms with Gasteiger partial charge in [0.1, 0.15) is 17.7 Å². The molecule has 5 rings (SSSR count). The monoisotopic (exact) mass is 481 g/mol. The minimum absolute atomic E-state index is 0.105. The van der Waals surface area contributed by atoms with E-state index >= 15 is 0 Å². The molecule has 0 aliphatic heterocycles. The standard InChI is InChI=1S/C27H27N7O2/c1-2-32-20-28-27(31-32)23-10-6-9-22(15-23)16-25-26(35)11-12-34(30-25)24-17-29-33(18-24)13-14-36-19-21-7-4-3-5-8-21/h3-12,15,17-18,20H,2,13-14,16,19H2,1H3. The van der Waals surface area contributed by atoms with Gasteiger partial charge in [-0.15, -0.1) is 0 Å². The molecule has 2 aromatic carbocycles. The molecule has 5 aromatic rings. The van der Waals surface area contributed by atoms with Crippen LogP contribution < -0.4 is 5.43 Å². The van der Waals surface area contributed by atoms with Gasteiger partial charge in [-0.3, -0.25) is 14.2 Å². The first kappa shape index (κ1) is 23.4. The molecule has 3 heterocycles. The smallest absolute Gasteiger partial charge is 0.203 e. The van der Waals surface area contributed by atoms with Gasteiger partial charge in [0, 0.05) is 30.8 Å². The van der Waals surface area contributed by atoms with Crippen molar-refractivity contribution in [3.05, 3.63) is 113 Å². The second-order valence-corrected chi connectivity index (χ2v) is 8.37. The second-order valence-electron chi connectivity index (χ2n) is 8.37. The van der Waals surface area contributed by atoms with Crippen LogP contribution >= 0.6 is 0 Å². The van der Waals surface area contributed by atoms with Crippen molar-refractivity contribution in [2.24, 2.45) is 0 Å². The zero-order chi connectivity index (χ0) is 24.7. The van der Waals surface area contributed by atoms with Gasteiger partial charge in [0.25, 0.3) is 0 Å².